The van der Waals surface area contributed by atoms with Crippen LogP contribution in [0.4, 0.5) is 10.1 Å². The standard InChI is InChI=1S/C13H11BrFNO3/c1-13(12(17)18,10-5-6-11(14)19-10)16-9-4-2-3-8(15)7-9/h2-7,16H,1H3,(H,17,18). The van der Waals surface area contributed by atoms with Crippen molar-refractivity contribution in [3.05, 3.63) is 52.6 Å². The molecule has 1 aromatic carbocycles. The van der Waals surface area contributed by atoms with Crippen LogP contribution in [0.5, 0.6) is 0 Å². The number of aliphatic carboxylic acids is 1. The van der Waals surface area contributed by atoms with Gasteiger partial charge >= 0.3 is 5.97 Å². The maximum atomic E-state index is 13.1. The Hall–Kier alpha value is -1.82. The highest BCUT2D eigenvalue weighted by atomic mass is 79.9. The number of carbonyl (C=O) groups is 1. The van der Waals surface area contributed by atoms with E-state index in [4.69, 9.17) is 4.42 Å². The summed E-state index contributed by atoms with van der Waals surface area (Å²) in [5.74, 6) is -1.35. The second-order valence-corrected chi connectivity index (χ2v) is 4.95. The van der Waals surface area contributed by atoms with Crippen molar-refractivity contribution >= 4 is 27.6 Å². The summed E-state index contributed by atoms with van der Waals surface area (Å²) in [4.78, 5) is 11.5. The molecule has 1 atom stereocenters. The zero-order chi connectivity index (χ0) is 14.0. The number of halogens is 2. The van der Waals surface area contributed by atoms with Crippen LogP contribution in [0.1, 0.15) is 12.7 Å². The molecule has 2 N–H and O–H groups in total. The first kappa shape index (κ1) is 13.6. The van der Waals surface area contributed by atoms with E-state index in [1.54, 1.807) is 18.2 Å². The summed E-state index contributed by atoms with van der Waals surface area (Å²) in [6.07, 6.45) is 0. The van der Waals surface area contributed by atoms with Gasteiger partial charge in [-0.25, -0.2) is 9.18 Å². The minimum Gasteiger partial charge on any atom is -0.479 e. The summed E-state index contributed by atoms with van der Waals surface area (Å²) in [5.41, 5.74) is -1.13. The number of furan rings is 1. The summed E-state index contributed by atoms with van der Waals surface area (Å²) >= 11 is 3.12. The summed E-state index contributed by atoms with van der Waals surface area (Å²) < 4.78 is 18.9. The molecule has 1 unspecified atom stereocenters. The van der Waals surface area contributed by atoms with E-state index in [9.17, 15) is 14.3 Å². The molecule has 0 saturated heterocycles. The van der Waals surface area contributed by atoms with Gasteiger partial charge < -0.3 is 14.8 Å². The number of nitrogens with one attached hydrogen (secondary N) is 1. The highest BCUT2D eigenvalue weighted by Gasteiger charge is 2.38. The largest absolute Gasteiger partial charge is 0.479 e. The summed E-state index contributed by atoms with van der Waals surface area (Å²) in [6, 6.07) is 8.74. The molecule has 1 heterocycles. The van der Waals surface area contributed by atoms with E-state index in [1.807, 2.05) is 0 Å². The smallest absolute Gasteiger partial charge is 0.337 e. The molecule has 0 aliphatic heterocycles. The molecule has 0 spiro atoms. The molecule has 0 saturated carbocycles. The normalized spacial score (nSPS) is 13.8. The van der Waals surface area contributed by atoms with E-state index in [1.165, 1.54) is 25.1 Å². The van der Waals surface area contributed by atoms with Gasteiger partial charge in [-0.05, 0) is 53.2 Å². The number of hydrogen-bond acceptors (Lipinski definition) is 3. The lowest BCUT2D eigenvalue weighted by atomic mass is 9.98. The summed E-state index contributed by atoms with van der Waals surface area (Å²) in [5, 5.41) is 12.2. The van der Waals surface area contributed by atoms with Crippen molar-refractivity contribution in [3.8, 4) is 0 Å². The van der Waals surface area contributed by atoms with Crippen LogP contribution in [0, 0.1) is 5.82 Å². The first-order chi connectivity index (χ1) is 8.91. The second-order valence-electron chi connectivity index (χ2n) is 4.17. The number of benzene rings is 1. The van der Waals surface area contributed by atoms with Gasteiger partial charge in [0.05, 0.1) is 0 Å². The Morgan fingerprint density at radius 3 is 2.68 bits per heavy atom. The minimum atomic E-state index is -1.49. The first-order valence-corrected chi connectivity index (χ1v) is 6.24. The summed E-state index contributed by atoms with van der Waals surface area (Å²) in [6.45, 7) is 1.45. The molecule has 0 amide bonds. The fourth-order valence-electron chi connectivity index (χ4n) is 1.66. The van der Waals surface area contributed by atoms with Crippen LogP contribution < -0.4 is 5.32 Å². The molecule has 0 radical (unpaired) electrons. The predicted molar refractivity (Wildman–Crippen MR) is 71.4 cm³/mol. The number of hydrogen-bond donors (Lipinski definition) is 2. The van der Waals surface area contributed by atoms with Crippen LogP contribution in [0.3, 0.4) is 0 Å². The van der Waals surface area contributed by atoms with Crippen molar-refractivity contribution in [2.75, 3.05) is 5.32 Å². The third-order valence-electron chi connectivity index (χ3n) is 2.71. The number of carboxylic acid groups (broad SMARTS) is 1. The van der Waals surface area contributed by atoms with E-state index in [0.717, 1.165) is 0 Å². The highest BCUT2D eigenvalue weighted by Crippen LogP contribution is 2.30. The topological polar surface area (TPSA) is 62.5 Å². The van der Waals surface area contributed by atoms with Crippen molar-refractivity contribution in [1.29, 1.82) is 0 Å². The number of carboxylic acids is 1. The van der Waals surface area contributed by atoms with E-state index < -0.39 is 17.3 Å². The van der Waals surface area contributed by atoms with Crippen LogP contribution in [-0.2, 0) is 10.3 Å². The van der Waals surface area contributed by atoms with E-state index in [0.29, 0.717) is 10.4 Å². The van der Waals surface area contributed by atoms with Crippen molar-refractivity contribution in [2.45, 2.75) is 12.5 Å². The molecular weight excluding hydrogens is 317 g/mol. The number of anilines is 1. The molecule has 19 heavy (non-hydrogen) atoms. The molecule has 2 aromatic rings. The highest BCUT2D eigenvalue weighted by molar-refractivity contribution is 9.10. The molecular formula is C13H11BrFNO3. The Kier molecular flexibility index (Phi) is 3.61. The lowest BCUT2D eigenvalue weighted by Crippen LogP contribution is -2.40. The van der Waals surface area contributed by atoms with E-state index in [2.05, 4.69) is 21.2 Å². The Morgan fingerprint density at radius 1 is 1.42 bits per heavy atom. The van der Waals surface area contributed by atoms with Gasteiger partial charge in [-0.15, -0.1) is 0 Å². The lowest BCUT2D eigenvalue weighted by molar-refractivity contribution is -0.142. The third kappa shape index (κ3) is 2.78. The predicted octanol–water partition coefficient (Wildman–Crippen LogP) is 3.59. The molecule has 4 nitrogen and oxygen atoms in total. The minimum absolute atomic E-state index is 0.219. The average molecular weight is 328 g/mol. The van der Waals surface area contributed by atoms with E-state index in [-0.39, 0.29) is 5.76 Å². The quantitative estimate of drug-likeness (QED) is 0.900. The van der Waals surface area contributed by atoms with Crippen LogP contribution in [0.2, 0.25) is 0 Å². The number of rotatable bonds is 4. The van der Waals surface area contributed by atoms with Gasteiger partial charge in [0.1, 0.15) is 11.6 Å². The van der Waals surface area contributed by atoms with E-state index >= 15 is 0 Å². The monoisotopic (exact) mass is 327 g/mol. The van der Waals surface area contributed by atoms with Gasteiger partial charge in [-0.3, -0.25) is 0 Å². The van der Waals surface area contributed by atoms with Gasteiger partial charge in [-0.2, -0.15) is 0 Å². The molecule has 6 heteroatoms. The van der Waals surface area contributed by atoms with Gasteiger partial charge in [-0.1, -0.05) is 6.07 Å². The summed E-state index contributed by atoms with van der Waals surface area (Å²) in [7, 11) is 0. The molecule has 0 aliphatic carbocycles. The SMILES string of the molecule is CC(Nc1cccc(F)c1)(C(=O)O)c1ccc(Br)o1. The van der Waals surface area contributed by atoms with Crippen LogP contribution in [0.15, 0.2) is 45.5 Å². The zero-order valence-corrected chi connectivity index (χ0v) is 11.6. The van der Waals surface area contributed by atoms with Crippen molar-refractivity contribution in [2.24, 2.45) is 0 Å². The molecule has 1 aromatic heterocycles. The average Bonchev–Trinajstić information content (AvgIpc) is 2.76. The Labute approximate surface area is 117 Å². The molecule has 100 valence electrons. The Bertz CT molecular complexity index is 613. The molecule has 2 rings (SSSR count). The fraction of sp³-hybridized carbons (Fsp3) is 0.154. The zero-order valence-electron chi connectivity index (χ0n) is 9.98. The maximum Gasteiger partial charge on any atom is 0.337 e. The van der Waals surface area contributed by atoms with Gasteiger partial charge in [0.15, 0.2) is 10.2 Å². The van der Waals surface area contributed by atoms with Crippen molar-refractivity contribution < 1.29 is 18.7 Å². The van der Waals surface area contributed by atoms with Crippen LogP contribution in [-0.4, -0.2) is 11.1 Å². The van der Waals surface area contributed by atoms with Gasteiger partial charge in [0.2, 0.25) is 0 Å². The van der Waals surface area contributed by atoms with Crippen molar-refractivity contribution in [3.63, 3.8) is 0 Å². The molecule has 0 aliphatic rings. The Morgan fingerprint density at radius 2 is 2.16 bits per heavy atom. The molecule has 0 bridgehead atoms. The van der Waals surface area contributed by atoms with Gasteiger partial charge in [0.25, 0.3) is 0 Å². The second kappa shape index (κ2) is 5.05. The lowest BCUT2D eigenvalue weighted by Gasteiger charge is -2.25. The van der Waals surface area contributed by atoms with Crippen LogP contribution >= 0.6 is 15.9 Å². The fourth-order valence-corrected chi connectivity index (χ4v) is 1.96. The first-order valence-electron chi connectivity index (χ1n) is 5.45. The third-order valence-corrected chi connectivity index (χ3v) is 3.14. The molecule has 0 fully saturated rings. The maximum absolute atomic E-state index is 13.1. The van der Waals surface area contributed by atoms with Crippen LogP contribution in [0.25, 0.3) is 0 Å². The van der Waals surface area contributed by atoms with Crippen molar-refractivity contribution in [1.82, 2.24) is 0 Å². The van der Waals surface area contributed by atoms with Gasteiger partial charge in [0, 0.05) is 5.69 Å². The Balaban J connectivity index is 2.38.